The summed E-state index contributed by atoms with van der Waals surface area (Å²) in [5.74, 6) is -2.16. The normalized spacial score (nSPS) is 11.2. The van der Waals surface area contributed by atoms with E-state index < -0.39 is 17.8 Å². The summed E-state index contributed by atoms with van der Waals surface area (Å²) in [5.41, 5.74) is 2.63. The number of aromatic amines is 1. The van der Waals surface area contributed by atoms with E-state index in [9.17, 15) is 19.1 Å². The summed E-state index contributed by atoms with van der Waals surface area (Å²) in [7, 11) is 1.27. The van der Waals surface area contributed by atoms with E-state index in [1.54, 1.807) is 24.4 Å². The molecule has 158 valence electrons. The van der Waals surface area contributed by atoms with E-state index >= 15 is 0 Å². The third-order valence-corrected chi connectivity index (χ3v) is 4.98. The van der Waals surface area contributed by atoms with Crippen LogP contribution in [0.15, 0.2) is 54.7 Å². The molecule has 10 heteroatoms. The number of benzene rings is 2. The maximum atomic E-state index is 13.6. The highest BCUT2D eigenvalue weighted by atomic mass is 19.1. The van der Waals surface area contributed by atoms with Gasteiger partial charge in [-0.1, -0.05) is 6.07 Å². The lowest BCUT2D eigenvalue weighted by atomic mass is 10.0. The lowest BCUT2D eigenvalue weighted by molar-refractivity contribution is 0.0594. The fraction of sp³-hybridized carbons (Fsp3) is 0.0455. The fourth-order valence-corrected chi connectivity index (χ4v) is 3.50. The molecule has 2 N–H and O–H groups in total. The van der Waals surface area contributed by atoms with Gasteiger partial charge in [0.1, 0.15) is 22.5 Å². The van der Waals surface area contributed by atoms with E-state index in [0.717, 1.165) is 0 Å². The number of halogens is 1. The van der Waals surface area contributed by atoms with Crippen molar-refractivity contribution in [2.75, 3.05) is 7.11 Å². The summed E-state index contributed by atoms with van der Waals surface area (Å²) in [5, 5.41) is 19.0. The van der Waals surface area contributed by atoms with Crippen molar-refractivity contribution in [2.45, 2.75) is 0 Å². The van der Waals surface area contributed by atoms with Crippen LogP contribution in [0.3, 0.4) is 0 Å². The highest BCUT2D eigenvalue weighted by Gasteiger charge is 2.20. The number of H-pyrrole nitrogens is 1. The van der Waals surface area contributed by atoms with Crippen LogP contribution in [0.25, 0.3) is 38.9 Å². The number of carboxylic acids is 1. The summed E-state index contributed by atoms with van der Waals surface area (Å²) in [6.07, 6.45) is 1.55. The van der Waals surface area contributed by atoms with Gasteiger partial charge in [-0.3, -0.25) is 0 Å². The number of aromatic carboxylic acids is 1. The summed E-state index contributed by atoms with van der Waals surface area (Å²) in [6, 6.07) is 12.0. The van der Waals surface area contributed by atoms with Crippen LogP contribution in [-0.2, 0) is 4.74 Å². The van der Waals surface area contributed by atoms with Crippen molar-refractivity contribution in [3.63, 3.8) is 0 Å². The van der Waals surface area contributed by atoms with Gasteiger partial charge in [-0.2, -0.15) is 4.80 Å². The predicted octanol–water partition coefficient (Wildman–Crippen LogP) is 3.59. The zero-order valence-electron chi connectivity index (χ0n) is 16.5. The van der Waals surface area contributed by atoms with E-state index in [-0.39, 0.29) is 11.3 Å². The van der Waals surface area contributed by atoms with Crippen LogP contribution in [-0.4, -0.2) is 49.1 Å². The van der Waals surface area contributed by atoms with Crippen LogP contribution in [0.5, 0.6) is 0 Å². The van der Waals surface area contributed by atoms with Crippen LogP contribution in [0.1, 0.15) is 20.8 Å². The Morgan fingerprint density at radius 2 is 1.91 bits per heavy atom. The molecular weight excluding hydrogens is 417 g/mol. The smallest absolute Gasteiger partial charge is 0.354 e. The summed E-state index contributed by atoms with van der Waals surface area (Å²) < 4.78 is 18.3. The first-order valence-corrected chi connectivity index (χ1v) is 9.42. The second kappa shape index (κ2) is 7.27. The zero-order valence-corrected chi connectivity index (χ0v) is 16.5. The second-order valence-electron chi connectivity index (χ2n) is 6.95. The highest BCUT2D eigenvalue weighted by molar-refractivity contribution is 6.13. The Morgan fingerprint density at radius 1 is 1.09 bits per heavy atom. The number of carboxylic acid groups (broad SMARTS) is 1. The predicted molar refractivity (Wildman–Crippen MR) is 112 cm³/mol. The van der Waals surface area contributed by atoms with Crippen molar-refractivity contribution in [2.24, 2.45) is 0 Å². The standard InChI is InChI=1S/C22H14FN5O4/c1-32-22(31)18-7-11(10-24-18)17-9-14(21(29)30)19-15(25-17)5-6-16-20(19)27-28(26-16)13-4-2-3-12(23)8-13/h2-10,24H,1H3,(H,29,30). The van der Waals surface area contributed by atoms with Gasteiger partial charge in [0.15, 0.2) is 0 Å². The number of carbonyl (C=O) groups excluding carboxylic acids is 1. The summed E-state index contributed by atoms with van der Waals surface area (Å²) in [4.78, 5) is 32.4. The van der Waals surface area contributed by atoms with Crippen molar-refractivity contribution in [3.05, 3.63) is 71.8 Å². The minimum Gasteiger partial charge on any atom is -0.478 e. The Labute approximate surface area is 179 Å². The second-order valence-corrected chi connectivity index (χ2v) is 6.95. The lowest BCUT2D eigenvalue weighted by Gasteiger charge is -2.06. The average molecular weight is 431 g/mol. The first-order chi connectivity index (χ1) is 15.4. The SMILES string of the molecule is COC(=O)c1cc(-c2cc(C(=O)O)c3c(ccc4nn(-c5cccc(F)c5)nc43)n2)c[nH]1. The monoisotopic (exact) mass is 431 g/mol. The van der Waals surface area contributed by atoms with E-state index in [4.69, 9.17) is 0 Å². The number of nitrogens with zero attached hydrogens (tertiary/aromatic N) is 4. The molecule has 0 fully saturated rings. The molecule has 0 atom stereocenters. The Bertz CT molecular complexity index is 1540. The largest absolute Gasteiger partial charge is 0.478 e. The molecule has 0 aliphatic rings. The van der Waals surface area contributed by atoms with Gasteiger partial charge < -0.3 is 14.8 Å². The third kappa shape index (κ3) is 3.14. The van der Waals surface area contributed by atoms with Gasteiger partial charge in [0.2, 0.25) is 0 Å². The number of pyridine rings is 1. The number of aromatic nitrogens is 5. The quantitative estimate of drug-likeness (QED) is 0.417. The molecule has 3 heterocycles. The van der Waals surface area contributed by atoms with Crippen LogP contribution >= 0.6 is 0 Å². The molecule has 0 saturated heterocycles. The summed E-state index contributed by atoms with van der Waals surface area (Å²) in [6.45, 7) is 0. The van der Waals surface area contributed by atoms with Crippen LogP contribution < -0.4 is 0 Å². The van der Waals surface area contributed by atoms with Crippen molar-refractivity contribution in [3.8, 4) is 16.9 Å². The molecule has 9 nitrogen and oxygen atoms in total. The number of fused-ring (bicyclic) bond motifs is 3. The van der Waals surface area contributed by atoms with Crippen molar-refractivity contribution in [1.29, 1.82) is 0 Å². The number of nitrogens with one attached hydrogen (secondary N) is 1. The number of hydrogen-bond acceptors (Lipinski definition) is 6. The Kier molecular flexibility index (Phi) is 4.40. The minimum absolute atomic E-state index is 0.0253. The lowest BCUT2D eigenvalue weighted by Crippen LogP contribution is -2.01. The number of methoxy groups -OCH3 is 1. The van der Waals surface area contributed by atoms with Gasteiger partial charge >= 0.3 is 11.9 Å². The molecule has 0 saturated carbocycles. The van der Waals surface area contributed by atoms with Gasteiger partial charge in [0.25, 0.3) is 0 Å². The number of esters is 1. The molecule has 32 heavy (non-hydrogen) atoms. The van der Waals surface area contributed by atoms with E-state index in [0.29, 0.717) is 38.9 Å². The summed E-state index contributed by atoms with van der Waals surface area (Å²) >= 11 is 0. The van der Waals surface area contributed by atoms with Gasteiger partial charge in [0.05, 0.1) is 29.6 Å². The van der Waals surface area contributed by atoms with E-state index in [1.807, 2.05) is 0 Å². The van der Waals surface area contributed by atoms with E-state index in [1.165, 1.54) is 42.2 Å². The number of carbonyl (C=O) groups is 2. The molecule has 0 unspecified atom stereocenters. The van der Waals surface area contributed by atoms with Gasteiger partial charge in [-0.25, -0.2) is 19.0 Å². The average Bonchev–Trinajstić information content (AvgIpc) is 3.45. The number of ether oxygens (including phenoxy) is 1. The van der Waals surface area contributed by atoms with Gasteiger partial charge in [-0.15, -0.1) is 10.2 Å². The maximum absolute atomic E-state index is 13.6. The number of hydrogen-bond donors (Lipinski definition) is 2. The Balaban J connectivity index is 1.72. The fourth-order valence-electron chi connectivity index (χ4n) is 3.50. The topological polar surface area (TPSA) is 123 Å². The third-order valence-electron chi connectivity index (χ3n) is 4.98. The molecular formula is C22H14FN5O4. The van der Waals surface area contributed by atoms with Gasteiger partial charge in [-0.05, 0) is 36.4 Å². The minimum atomic E-state index is -1.17. The molecule has 0 spiro atoms. The maximum Gasteiger partial charge on any atom is 0.354 e. The molecule has 0 aliphatic carbocycles. The van der Waals surface area contributed by atoms with Crippen LogP contribution in [0.2, 0.25) is 0 Å². The van der Waals surface area contributed by atoms with Crippen molar-refractivity contribution >= 4 is 33.9 Å². The molecule has 0 aliphatic heterocycles. The van der Waals surface area contributed by atoms with Crippen molar-refractivity contribution in [1.82, 2.24) is 25.0 Å². The highest BCUT2D eigenvalue weighted by Crippen LogP contribution is 2.30. The molecule has 5 rings (SSSR count). The van der Waals surface area contributed by atoms with Crippen LogP contribution in [0, 0.1) is 5.82 Å². The first kappa shape index (κ1) is 19.4. The molecule has 0 amide bonds. The van der Waals surface area contributed by atoms with Crippen LogP contribution in [0.4, 0.5) is 4.39 Å². The van der Waals surface area contributed by atoms with E-state index in [2.05, 4.69) is 24.9 Å². The zero-order chi connectivity index (χ0) is 22.4. The Morgan fingerprint density at radius 3 is 2.66 bits per heavy atom. The van der Waals surface area contributed by atoms with Gasteiger partial charge in [0, 0.05) is 23.2 Å². The number of rotatable bonds is 4. The molecule has 2 aromatic carbocycles. The Hall–Kier alpha value is -4.60. The molecule has 0 radical (unpaired) electrons. The molecule has 3 aromatic heterocycles. The molecule has 5 aromatic rings. The molecule has 0 bridgehead atoms. The van der Waals surface area contributed by atoms with Crippen molar-refractivity contribution < 1.29 is 23.8 Å². The first-order valence-electron chi connectivity index (χ1n) is 9.42.